The molecule has 0 aliphatic carbocycles. The van der Waals surface area contributed by atoms with Gasteiger partial charge in [0.2, 0.25) is 17.7 Å². The molecule has 10 heteroatoms. The van der Waals surface area contributed by atoms with Crippen molar-refractivity contribution in [3.63, 3.8) is 0 Å². The molecule has 0 saturated carbocycles. The minimum Gasteiger partial charge on any atom is -0.390 e. The summed E-state index contributed by atoms with van der Waals surface area (Å²) < 4.78 is 0. The Morgan fingerprint density at radius 3 is 2.29 bits per heavy atom. The van der Waals surface area contributed by atoms with Crippen LogP contribution in [-0.2, 0) is 17.8 Å². The van der Waals surface area contributed by atoms with Crippen molar-refractivity contribution >= 4 is 17.8 Å². The normalized spacial score (nSPS) is 21.8. The minimum atomic E-state index is -0.655. The van der Waals surface area contributed by atoms with Gasteiger partial charge in [0.25, 0.3) is 5.91 Å². The van der Waals surface area contributed by atoms with Crippen molar-refractivity contribution in [1.29, 1.82) is 0 Å². The lowest BCUT2D eigenvalue weighted by atomic mass is 9.94. The predicted molar refractivity (Wildman–Crippen MR) is 155 cm³/mol. The average molecular weight is 556 g/mol. The van der Waals surface area contributed by atoms with Crippen molar-refractivity contribution < 1.29 is 14.7 Å². The van der Waals surface area contributed by atoms with Crippen LogP contribution in [-0.4, -0.2) is 97.5 Å². The highest BCUT2D eigenvalue weighted by molar-refractivity contribution is 5.91. The van der Waals surface area contributed by atoms with Gasteiger partial charge in [-0.15, -0.1) is 0 Å². The Bertz CT molecular complexity index is 1390. The van der Waals surface area contributed by atoms with Crippen LogP contribution in [0.4, 0.5) is 5.95 Å². The van der Waals surface area contributed by atoms with Gasteiger partial charge in [0.05, 0.1) is 6.10 Å². The second kappa shape index (κ2) is 11.9. The molecule has 0 bridgehead atoms. The number of nitrogens with one attached hydrogen (secondary N) is 1. The summed E-state index contributed by atoms with van der Waals surface area (Å²) in [4.78, 5) is 45.1. The molecule has 2 saturated heterocycles. The number of likely N-dealkylation sites (tertiary alicyclic amines) is 2. The summed E-state index contributed by atoms with van der Waals surface area (Å²) in [5.41, 5.74) is 3.49. The molecule has 214 valence electrons. The van der Waals surface area contributed by atoms with E-state index in [9.17, 15) is 14.7 Å². The third-order valence-corrected chi connectivity index (χ3v) is 8.59. The largest absolute Gasteiger partial charge is 0.390 e. The number of fused-ring (bicyclic) bond motifs is 1. The Labute approximate surface area is 240 Å². The summed E-state index contributed by atoms with van der Waals surface area (Å²) >= 11 is 0. The molecule has 1 aromatic heterocycles. The highest BCUT2D eigenvalue weighted by atomic mass is 16.3. The molecule has 4 heterocycles. The van der Waals surface area contributed by atoms with Crippen LogP contribution in [0.3, 0.4) is 0 Å². The number of aliphatic hydroxyl groups excluding tert-OH is 1. The number of hydrogen-bond donors (Lipinski definition) is 2. The molecule has 3 aromatic rings. The van der Waals surface area contributed by atoms with E-state index in [1.54, 1.807) is 11.8 Å². The molecule has 0 radical (unpaired) electrons. The molecule has 0 spiro atoms. The fourth-order valence-corrected chi connectivity index (χ4v) is 6.25. The quantitative estimate of drug-likeness (QED) is 0.494. The fraction of sp³-hybridized carbons (Fsp3) is 0.452. The molecule has 2 atom stereocenters. The van der Waals surface area contributed by atoms with E-state index in [0.717, 1.165) is 37.9 Å². The van der Waals surface area contributed by atoms with E-state index in [2.05, 4.69) is 49.4 Å². The van der Waals surface area contributed by atoms with Crippen molar-refractivity contribution in [2.75, 3.05) is 38.0 Å². The standard InChI is InChI=1S/C31H37N7O3/c1-21(39)36-16-12-25(13-17-36)32-31-34-28(23-8-3-2-4-9-23)33-29(35-31)30(41)38-18-14-26(27(40)20-38)37-15-11-22-7-5-6-10-24(22)19-37/h2-10,25-27,40H,11-20H2,1H3,(H,32,33,34,35)/t26-,27-/m1/s1. The second-order valence-electron chi connectivity index (χ2n) is 11.3. The van der Waals surface area contributed by atoms with Crippen molar-refractivity contribution in [2.24, 2.45) is 0 Å². The Morgan fingerprint density at radius 2 is 1.56 bits per heavy atom. The number of anilines is 1. The second-order valence-corrected chi connectivity index (χ2v) is 11.3. The Morgan fingerprint density at radius 1 is 0.854 bits per heavy atom. The molecule has 2 amide bonds. The topological polar surface area (TPSA) is 115 Å². The molecule has 3 aliphatic rings. The van der Waals surface area contributed by atoms with Crippen LogP contribution >= 0.6 is 0 Å². The number of nitrogens with zero attached hydrogens (tertiary/aromatic N) is 6. The Balaban J connectivity index is 1.17. The molecule has 6 rings (SSSR count). The van der Waals surface area contributed by atoms with Crippen LogP contribution in [0.1, 0.15) is 47.9 Å². The number of piperidine rings is 2. The number of carbonyl (C=O) groups is 2. The zero-order chi connectivity index (χ0) is 28.3. The lowest BCUT2D eigenvalue weighted by molar-refractivity contribution is -0.129. The molecule has 2 aromatic carbocycles. The molecule has 10 nitrogen and oxygen atoms in total. The lowest BCUT2D eigenvalue weighted by Gasteiger charge is -2.43. The third kappa shape index (κ3) is 6.08. The third-order valence-electron chi connectivity index (χ3n) is 8.59. The molecule has 2 fully saturated rings. The maximum absolute atomic E-state index is 13.7. The van der Waals surface area contributed by atoms with Crippen molar-refractivity contribution in [3.05, 3.63) is 71.5 Å². The van der Waals surface area contributed by atoms with E-state index in [4.69, 9.17) is 0 Å². The number of carbonyl (C=O) groups excluding carboxylic acids is 2. The van der Waals surface area contributed by atoms with Crippen LogP contribution in [0, 0.1) is 0 Å². The van der Waals surface area contributed by atoms with E-state index >= 15 is 0 Å². The van der Waals surface area contributed by atoms with Gasteiger partial charge < -0.3 is 20.2 Å². The molecular weight excluding hydrogens is 518 g/mol. The van der Waals surface area contributed by atoms with Gasteiger partial charge >= 0.3 is 0 Å². The van der Waals surface area contributed by atoms with Gasteiger partial charge in [0.1, 0.15) is 0 Å². The van der Waals surface area contributed by atoms with Gasteiger partial charge in [-0.2, -0.15) is 9.97 Å². The molecule has 0 unspecified atom stereocenters. The van der Waals surface area contributed by atoms with Crippen LogP contribution in [0.5, 0.6) is 0 Å². The molecule has 41 heavy (non-hydrogen) atoms. The Kier molecular flexibility index (Phi) is 7.93. The van der Waals surface area contributed by atoms with E-state index in [1.165, 1.54) is 11.1 Å². The molecular formula is C31H37N7O3. The van der Waals surface area contributed by atoms with E-state index in [0.29, 0.717) is 37.8 Å². The number of aromatic nitrogens is 3. The van der Waals surface area contributed by atoms with Gasteiger partial charge in [-0.25, -0.2) is 4.98 Å². The van der Waals surface area contributed by atoms with Crippen molar-refractivity contribution in [2.45, 2.75) is 57.3 Å². The summed E-state index contributed by atoms with van der Waals surface area (Å²) in [6.45, 7) is 5.42. The summed E-state index contributed by atoms with van der Waals surface area (Å²) in [7, 11) is 0. The minimum absolute atomic E-state index is 0.00346. The van der Waals surface area contributed by atoms with Gasteiger partial charge in [0.15, 0.2) is 5.82 Å². The van der Waals surface area contributed by atoms with Crippen molar-refractivity contribution in [1.82, 2.24) is 29.7 Å². The fourth-order valence-electron chi connectivity index (χ4n) is 6.25. The number of amides is 2. The van der Waals surface area contributed by atoms with Crippen LogP contribution in [0.2, 0.25) is 0 Å². The van der Waals surface area contributed by atoms with Crippen LogP contribution in [0.15, 0.2) is 54.6 Å². The SMILES string of the molecule is CC(=O)N1CCC(Nc2nc(C(=O)N3CC[C@@H](N4CCc5ccccc5C4)[C@H](O)C3)nc(-c3ccccc3)n2)CC1. The summed E-state index contributed by atoms with van der Waals surface area (Å²) in [6, 6.07) is 18.1. The molecule has 3 aliphatic heterocycles. The summed E-state index contributed by atoms with van der Waals surface area (Å²) in [5.74, 6) is 0.625. The first-order valence-electron chi connectivity index (χ1n) is 14.6. The van der Waals surface area contributed by atoms with Gasteiger partial charge in [-0.1, -0.05) is 54.6 Å². The highest BCUT2D eigenvalue weighted by Gasteiger charge is 2.36. The Hall–Kier alpha value is -3.89. The number of benzene rings is 2. The highest BCUT2D eigenvalue weighted by Crippen LogP contribution is 2.26. The summed E-state index contributed by atoms with van der Waals surface area (Å²) in [6.07, 6.45) is 2.55. The van der Waals surface area contributed by atoms with Crippen molar-refractivity contribution in [3.8, 4) is 11.4 Å². The smallest absolute Gasteiger partial charge is 0.291 e. The number of β-amino-alcohol motifs (C(OH)–C–C–N with tert-alkyl or cyclic N) is 1. The van der Waals surface area contributed by atoms with Gasteiger partial charge in [0, 0.05) is 63.8 Å². The first-order valence-corrected chi connectivity index (χ1v) is 14.6. The van der Waals surface area contributed by atoms with E-state index < -0.39 is 6.10 Å². The van der Waals surface area contributed by atoms with Gasteiger partial charge in [-0.3, -0.25) is 14.5 Å². The average Bonchev–Trinajstić information content (AvgIpc) is 3.01. The number of aliphatic hydroxyl groups is 1. The monoisotopic (exact) mass is 555 g/mol. The first kappa shape index (κ1) is 27.3. The summed E-state index contributed by atoms with van der Waals surface area (Å²) in [5, 5.41) is 14.6. The predicted octanol–water partition coefficient (Wildman–Crippen LogP) is 2.60. The first-order chi connectivity index (χ1) is 19.9. The van der Waals surface area contributed by atoms with E-state index in [1.807, 2.05) is 35.2 Å². The number of rotatable bonds is 5. The molecule has 2 N–H and O–H groups in total. The van der Waals surface area contributed by atoms with Crippen LogP contribution < -0.4 is 5.32 Å². The maximum Gasteiger partial charge on any atom is 0.291 e. The zero-order valence-electron chi connectivity index (χ0n) is 23.4. The maximum atomic E-state index is 13.7. The van der Waals surface area contributed by atoms with E-state index in [-0.39, 0.29) is 36.3 Å². The lowest BCUT2D eigenvalue weighted by Crippen LogP contribution is -2.56. The van der Waals surface area contributed by atoms with Crippen LogP contribution in [0.25, 0.3) is 11.4 Å². The number of hydrogen-bond acceptors (Lipinski definition) is 8. The zero-order valence-corrected chi connectivity index (χ0v) is 23.4. The van der Waals surface area contributed by atoms with Gasteiger partial charge in [-0.05, 0) is 36.8 Å².